The molecule has 1 atom stereocenters. The smallest absolute Gasteiger partial charge is 0.272 e. The highest BCUT2D eigenvalue weighted by Gasteiger charge is 2.60. The molecule has 1 fully saturated rings. The molecule has 1 aromatic carbocycles. The summed E-state index contributed by atoms with van der Waals surface area (Å²) < 4.78 is 13.7. The molecule has 0 saturated heterocycles. The average molecular weight is 224 g/mol. The molecule has 5 heteroatoms. The second-order valence-corrected chi connectivity index (χ2v) is 4.95. The van der Waals surface area contributed by atoms with Crippen LogP contribution in [0.1, 0.15) is 25.8 Å². The predicted octanol–water partition coefficient (Wildman–Crippen LogP) is 2.32. The quantitative estimate of drug-likeness (QED) is 0.619. The van der Waals surface area contributed by atoms with Crippen molar-refractivity contribution in [3.8, 4) is 0 Å². The molecule has 0 radical (unpaired) electrons. The van der Waals surface area contributed by atoms with Crippen LogP contribution in [0.15, 0.2) is 18.2 Å². The fraction of sp³-hybridized carbons (Fsp3) is 0.455. The Balaban J connectivity index is 2.42. The lowest BCUT2D eigenvalue weighted by Gasteiger charge is -2.15. The Morgan fingerprint density at radius 3 is 2.44 bits per heavy atom. The van der Waals surface area contributed by atoms with Crippen LogP contribution in [-0.4, -0.2) is 4.92 Å². The molecule has 0 spiro atoms. The summed E-state index contributed by atoms with van der Waals surface area (Å²) >= 11 is 0. The number of rotatable bonds is 2. The minimum absolute atomic E-state index is 0.149. The van der Waals surface area contributed by atoms with Crippen molar-refractivity contribution in [1.29, 1.82) is 0 Å². The third-order valence-corrected chi connectivity index (χ3v) is 3.45. The first-order chi connectivity index (χ1) is 7.28. The number of nitro groups is 1. The van der Waals surface area contributed by atoms with Gasteiger partial charge >= 0.3 is 0 Å². The maximum Gasteiger partial charge on any atom is 0.272 e. The molecule has 2 N–H and O–H groups in total. The minimum Gasteiger partial charge on any atom is -0.321 e. The molecule has 86 valence electrons. The fourth-order valence-electron chi connectivity index (χ4n) is 2.09. The summed E-state index contributed by atoms with van der Waals surface area (Å²) in [5.41, 5.74) is 5.34. The van der Waals surface area contributed by atoms with Gasteiger partial charge in [-0.15, -0.1) is 0 Å². The van der Waals surface area contributed by atoms with E-state index in [-0.39, 0.29) is 11.1 Å². The van der Waals surface area contributed by atoms with Crippen LogP contribution >= 0.6 is 0 Å². The number of hydrogen-bond donors (Lipinski definition) is 1. The Hall–Kier alpha value is -1.49. The first-order valence-electron chi connectivity index (χ1n) is 5.01. The van der Waals surface area contributed by atoms with Crippen molar-refractivity contribution in [1.82, 2.24) is 0 Å². The van der Waals surface area contributed by atoms with Crippen molar-refractivity contribution >= 4 is 5.69 Å². The average Bonchev–Trinajstić information content (AvgIpc) is 2.66. The molecule has 0 bridgehead atoms. The molecule has 1 unspecified atom stereocenters. The zero-order valence-corrected chi connectivity index (χ0v) is 9.16. The van der Waals surface area contributed by atoms with Crippen LogP contribution in [0, 0.1) is 21.3 Å². The Bertz CT molecular complexity index is 473. The normalized spacial score (nSPS) is 26.5. The molecule has 1 aliphatic carbocycles. The summed E-state index contributed by atoms with van der Waals surface area (Å²) in [5, 5.41) is 10.5. The van der Waals surface area contributed by atoms with Gasteiger partial charge < -0.3 is 5.73 Å². The minimum atomic E-state index is -0.688. The van der Waals surface area contributed by atoms with E-state index in [1.54, 1.807) is 0 Å². The molecule has 0 heterocycles. The Morgan fingerprint density at radius 1 is 1.50 bits per heavy atom. The van der Waals surface area contributed by atoms with Crippen LogP contribution in [0.2, 0.25) is 0 Å². The fourth-order valence-corrected chi connectivity index (χ4v) is 2.09. The van der Waals surface area contributed by atoms with Crippen molar-refractivity contribution in [3.05, 3.63) is 39.7 Å². The highest BCUT2D eigenvalue weighted by atomic mass is 19.1. The number of nitrogens with zero attached hydrogens (tertiary/aromatic N) is 1. The molecule has 0 aliphatic heterocycles. The van der Waals surface area contributed by atoms with Crippen LogP contribution in [0.4, 0.5) is 10.1 Å². The number of non-ortho nitro benzene ring substituents is 1. The molecule has 1 aliphatic rings. The highest BCUT2D eigenvalue weighted by Crippen LogP contribution is 2.60. The van der Waals surface area contributed by atoms with Crippen LogP contribution in [0.25, 0.3) is 0 Å². The van der Waals surface area contributed by atoms with E-state index in [2.05, 4.69) is 0 Å². The third kappa shape index (κ3) is 1.39. The highest BCUT2D eigenvalue weighted by molar-refractivity contribution is 5.42. The Morgan fingerprint density at radius 2 is 2.06 bits per heavy atom. The van der Waals surface area contributed by atoms with E-state index in [1.807, 2.05) is 13.8 Å². The summed E-state index contributed by atoms with van der Waals surface area (Å²) in [6.45, 7) is 3.90. The van der Waals surface area contributed by atoms with Crippen molar-refractivity contribution in [2.75, 3.05) is 0 Å². The molecule has 0 aromatic heterocycles. The van der Waals surface area contributed by atoms with Gasteiger partial charge in [-0.3, -0.25) is 10.1 Å². The first kappa shape index (κ1) is 11.0. The van der Waals surface area contributed by atoms with Crippen molar-refractivity contribution in [2.45, 2.75) is 25.8 Å². The van der Waals surface area contributed by atoms with E-state index in [4.69, 9.17) is 5.73 Å². The van der Waals surface area contributed by atoms with Gasteiger partial charge in [0, 0.05) is 17.2 Å². The van der Waals surface area contributed by atoms with Crippen LogP contribution in [0.3, 0.4) is 0 Å². The molecular formula is C11H13FN2O2. The Kier molecular flexibility index (Phi) is 2.07. The summed E-state index contributed by atoms with van der Waals surface area (Å²) in [4.78, 5) is 9.85. The summed E-state index contributed by atoms with van der Waals surface area (Å²) in [7, 11) is 0. The lowest BCUT2D eigenvalue weighted by molar-refractivity contribution is -0.385. The van der Waals surface area contributed by atoms with Gasteiger partial charge in [-0.25, -0.2) is 4.39 Å². The van der Waals surface area contributed by atoms with E-state index < -0.39 is 16.3 Å². The Labute approximate surface area is 92.4 Å². The first-order valence-corrected chi connectivity index (χ1v) is 5.01. The van der Waals surface area contributed by atoms with Gasteiger partial charge in [0.05, 0.1) is 11.0 Å². The van der Waals surface area contributed by atoms with Gasteiger partial charge in [0.25, 0.3) is 5.69 Å². The monoisotopic (exact) mass is 224 g/mol. The molecule has 16 heavy (non-hydrogen) atoms. The largest absolute Gasteiger partial charge is 0.321 e. The molecule has 4 nitrogen and oxygen atoms in total. The van der Waals surface area contributed by atoms with Gasteiger partial charge in [0.15, 0.2) is 0 Å². The number of benzene rings is 1. The zero-order valence-electron chi connectivity index (χ0n) is 9.16. The molecule has 1 saturated carbocycles. The summed E-state index contributed by atoms with van der Waals surface area (Å²) in [6, 6.07) is 3.64. The summed E-state index contributed by atoms with van der Waals surface area (Å²) in [5.74, 6) is -0.595. The van der Waals surface area contributed by atoms with Crippen molar-refractivity contribution in [3.63, 3.8) is 0 Å². The third-order valence-electron chi connectivity index (χ3n) is 3.45. The molecule has 0 amide bonds. The van der Waals surface area contributed by atoms with Gasteiger partial charge in [0.2, 0.25) is 0 Å². The number of hydrogen-bond acceptors (Lipinski definition) is 3. The van der Waals surface area contributed by atoms with E-state index in [9.17, 15) is 14.5 Å². The van der Waals surface area contributed by atoms with E-state index in [1.165, 1.54) is 12.1 Å². The van der Waals surface area contributed by atoms with E-state index in [0.29, 0.717) is 12.0 Å². The second kappa shape index (κ2) is 3.01. The number of nitro benzene ring substituents is 1. The number of nitrogens with two attached hydrogens (primary N) is 1. The predicted molar refractivity (Wildman–Crippen MR) is 57.3 cm³/mol. The topological polar surface area (TPSA) is 69.2 Å². The second-order valence-electron chi connectivity index (χ2n) is 4.95. The molecule has 1 aromatic rings. The van der Waals surface area contributed by atoms with Crippen LogP contribution in [0.5, 0.6) is 0 Å². The van der Waals surface area contributed by atoms with E-state index >= 15 is 0 Å². The maximum absolute atomic E-state index is 13.7. The van der Waals surface area contributed by atoms with Gasteiger partial charge in [-0.2, -0.15) is 0 Å². The standard InChI is InChI=1S/C11H13FN2O2/c1-10(2)6-11(10,13)8-4-3-7(14(15)16)5-9(8)12/h3-5H,6,13H2,1-2H3. The van der Waals surface area contributed by atoms with Crippen molar-refractivity contribution < 1.29 is 9.31 Å². The SMILES string of the molecule is CC1(C)CC1(N)c1ccc([N+](=O)[O-])cc1F. The maximum atomic E-state index is 13.7. The summed E-state index contributed by atoms with van der Waals surface area (Å²) in [6.07, 6.45) is 0.689. The van der Waals surface area contributed by atoms with Crippen LogP contribution < -0.4 is 5.73 Å². The zero-order chi connectivity index (χ0) is 12.1. The molecule has 2 rings (SSSR count). The van der Waals surface area contributed by atoms with Gasteiger partial charge in [-0.05, 0) is 17.9 Å². The molecular weight excluding hydrogens is 211 g/mol. The van der Waals surface area contributed by atoms with E-state index in [0.717, 1.165) is 6.07 Å². The lowest BCUT2D eigenvalue weighted by Crippen LogP contribution is -2.26. The lowest BCUT2D eigenvalue weighted by atomic mass is 9.96. The van der Waals surface area contributed by atoms with Crippen LogP contribution in [-0.2, 0) is 5.54 Å². The van der Waals surface area contributed by atoms with Gasteiger partial charge in [0.1, 0.15) is 5.82 Å². The number of halogens is 1. The van der Waals surface area contributed by atoms with Crippen molar-refractivity contribution in [2.24, 2.45) is 11.1 Å². The van der Waals surface area contributed by atoms with Gasteiger partial charge in [-0.1, -0.05) is 13.8 Å².